The maximum atomic E-state index is 13.5. The van der Waals surface area contributed by atoms with Crippen molar-refractivity contribution in [2.45, 2.75) is 0 Å². The van der Waals surface area contributed by atoms with Crippen LogP contribution in [0.5, 0.6) is 5.75 Å². The molecule has 0 atom stereocenters. The van der Waals surface area contributed by atoms with Crippen molar-refractivity contribution >= 4 is 17.3 Å². The van der Waals surface area contributed by atoms with Gasteiger partial charge in [0.05, 0.1) is 5.02 Å². The van der Waals surface area contributed by atoms with Gasteiger partial charge >= 0.3 is 0 Å². The van der Waals surface area contributed by atoms with Gasteiger partial charge in [0.25, 0.3) is 0 Å². The first-order valence-corrected chi connectivity index (χ1v) is 6.11. The van der Waals surface area contributed by atoms with Crippen molar-refractivity contribution in [3.05, 3.63) is 59.1 Å². The zero-order valence-electron chi connectivity index (χ0n) is 10.00. The molecule has 0 aliphatic carbocycles. The summed E-state index contributed by atoms with van der Waals surface area (Å²) in [6.07, 6.45) is 0. The molecule has 0 aromatic heterocycles. The maximum Gasteiger partial charge on any atom is 0.183 e. The summed E-state index contributed by atoms with van der Waals surface area (Å²) in [4.78, 5) is 0. The largest absolute Gasteiger partial charge is 0.489 e. The number of benzene rings is 2. The van der Waals surface area contributed by atoms with Gasteiger partial charge < -0.3 is 10.1 Å². The highest BCUT2D eigenvalue weighted by molar-refractivity contribution is 6.30. The quantitative estimate of drug-likeness (QED) is 0.834. The molecule has 0 heterocycles. The predicted molar refractivity (Wildman–Crippen MR) is 71.8 cm³/mol. The van der Waals surface area contributed by atoms with E-state index in [1.54, 1.807) is 18.2 Å². The monoisotopic (exact) mass is 283 g/mol. The molecule has 2 aromatic carbocycles. The molecule has 0 aliphatic heterocycles. The first kappa shape index (κ1) is 13.6. The van der Waals surface area contributed by atoms with Crippen molar-refractivity contribution in [2.75, 3.05) is 18.5 Å². The molecule has 0 bridgehead atoms. The third-order valence-corrected chi connectivity index (χ3v) is 2.72. The maximum absolute atomic E-state index is 13.5. The molecule has 0 radical (unpaired) electrons. The first-order valence-electron chi connectivity index (χ1n) is 5.73. The summed E-state index contributed by atoms with van der Waals surface area (Å²) in [5.41, 5.74) is 0.648. The second kappa shape index (κ2) is 6.38. The smallest absolute Gasteiger partial charge is 0.183 e. The Balaban J connectivity index is 1.82. The van der Waals surface area contributed by atoms with Crippen molar-refractivity contribution < 1.29 is 13.5 Å². The summed E-state index contributed by atoms with van der Waals surface area (Å²) in [6, 6.07) is 10.7. The molecule has 100 valence electrons. The molecular formula is C14H12ClF2NO. The third kappa shape index (κ3) is 3.83. The fourth-order valence-corrected chi connectivity index (χ4v) is 1.72. The summed E-state index contributed by atoms with van der Waals surface area (Å²) in [6.45, 7) is 0.670. The lowest BCUT2D eigenvalue weighted by molar-refractivity contribution is 0.315. The van der Waals surface area contributed by atoms with Gasteiger partial charge in [-0.3, -0.25) is 0 Å². The minimum absolute atomic E-state index is 0.0237. The minimum atomic E-state index is -0.574. The van der Waals surface area contributed by atoms with E-state index in [9.17, 15) is 8.78 Å². The number of hydrogen-bond donors (Lipinski definition) is 1. The Labute approximate surface area is 115 Å². The predicted octanol–water partition coefficient (Wildman–Crippen LogP) is 4.11. The van der Waals surface area contributed by atoms with Gasteiger partial charge in [0.15, 0.2) is 11.6 Å². The molecule has 0 aliphatic rings. The van der Waals surface area contributed by atoms with Gasteiger partial charge in [-0.1, -0.05) is 23.7 Å². The van der Waals surface area contributed by atoms with E-state index in [1.165, 1.54) is 24.3 Å². The van der Waals surface area contributed by atoms with Crippen LogP contribution in [0.2, 0.25) is 5.02 Å². The van der Waals surface area contributed by atoms with Gasteiger partial charge in [-0.2, -0.15) is 0 Å². The highest BCUT2D eigenvalue weighted by Gasteiger charge is 2.06. The molecule has 1 N–H and O–H groups in total. The zero-order valence-corrected chi connectivity index (χ0v) is 10.8. The molecule has 0 amide bonds. The molecule has 0 unspecified atom stereocenters. The molecule has 0 fully saturated rings. The number of nitrogens with one attached hydrogen (secondary N) is 1. The van der Waals surface area contributed by atoms with Crippen LogP contribution in [0.1, 0.15) is 0 Å². The van der Waals surface area contributed by atoms with Crippen LogP contribution in [0, 0.1) is 11.6 Å². The highest BCUT2D eigenvalue weighted by Crippen LogP contribution is 2.23. The number of hydrogen-bond acceptors (Lipinski definition) is 2. The van der Waals surface area contributed by atoms with E-state index in [4.69, 9.17) is 16.3 Å². The van der Waals surface area contributed by atoms with E-state index in [0.717, 1.165) is 0 Å². The van der Waals surface area contributed by atoms with Crippen LogP contribution in [-0.4, -0.2) is 13.2 Å². The van der Waals surface area contributed by atoms with Gasteiger partial charge in [-0.15, -0.1) is 0 Å². The van der Waals surface area contributed by atoms with E-state index in [0.29, 0.717) is 12.2 Å². The van der Waals surface area contributed by atoms with Gasteiger partial charge in [-0.25, -0.2) is 8.78 Å². The summed E-state index contributed by atoms with van der Waals surface area (Å²) in [5, 5.41) is 2.99. The third-order valence-electron chi connectivity index (χ3n) is 2.43. The number of anilines is 1. The van der Waals surface area contributed by atoms with Crippen LogP contribution in [0.25, 0.3) is 0 Å². The van der Waals surface area contributed by atoms with E-state index >= 15 is 0 Å². The molecule has 0 saturated carbocycles. The number of ether oxygens (including phenoxy) is 1. The lowest BCUT2D eigenvalue weighted by Crippen LogP contribution is -2.12. The Bertz CT molecular complexity index is 563. The molecule has 2 rings (SSSR count). The normalized spacial score (nSPS) is 10.3. The molecular weight excluding hydrogens is 272 g/mol. The van der Waals surface area contributed by atoms with Crippen molar-refractivity contribution in [1.29, 1.82) is 0 Å². The van der Waals surface area contributed by atoms with Gasteiger partial charge in [0, 0.05) is 12.2 Å². The van der Waals surface area contributed by atoms with Gasteiger partial charge in [-0.05, 0) is 30.3 Å². The van der Waals surface area contributed by atoms with Crippen LogP contribution < -0.4 is 10.1 Å². The van der Waals surface area contributed by atoms with E-state index in [1.807, 2.05) is 0 Å². The number of rotatable bonds is 5. The summed E-state index contributed by atoms with van der Waals surface area (Å²) in [7, 11) is 0. The lowest BCUT2D eigenvalue weighted by atomic mass is 10.3. The van der Waals surface area contributed by atoms with Crippen LogP contribution >= 0.6 is 11.6 Å². The van der Waals surface area contributed by atoms with Crippen molar-refractivity contribution in [3.63, 3.8) is 0 Å². The zero-order chi connectivity index (χ0) is 13.7. The van der Waals surface area contributed by atoms with Crippen molar-refractivity contribution in [2.24, 2.45) is 0 Å². The lowest BCUT2D eigenvalue weighted by Gasteiger charge is -2.09. The molecule has 19 heavy (non-hydrogen) atoms. The molecule has 5 heteroatoms. The van der Waals surface area contributed by atoms with Crippen LogP contribution in [0.15, 0.2) is 42.5 Å². The average Bonchev–Trinajstić information content (AvgIpc) is 2.39. The fraction of sp³-hybridized carbons (Fsp3) is 0.143. The van der Waals surface area contributed by atoms with Crippen LogP contribution in [0.4, 0.5) is 14.5 Å². The Hall–Kier alpha value is -1.81. The SMILES string of the molecule is Fc1cccc(NCCOc2cccc(Cl)c2F)c1. The average molecular weight is 284 g/mol. The second-order valence-electron chi connectivity index (χ2n) is 3.84. The minimum Gasteiger partial charge on any atom is -0.489 e. The van der Waals surface area contributed by atoms with Crippen molar-refractivity contribution in [3.8, 4) is 5.75 Å². The van der Waals surface area contributed by atoms with Crippen molar-refractivity contribution in [1.82, 2.24) is 0 Å². The second-order valence-corrected chi connectivity index (χ2v) is 4.24. The first-order chi connectivity index (χ1) is 9.16. The molecule has 2 nitrogen and oxygen atoms in total. The van der Waals surface area contributed by atoms with Crippen LogP contribution in [0.3, 0.4) is 0 Å². The van der Waals surface area contributed by atoms with Crippen LogP contribution in [-0.2, 0) is 0 Å². The Morgan fingerprint density at radius 1 is 1.11 bits per heavy atom. The summed E-state index contributed by atoms with van der Waals surface area (Å²) in [5.74, 6) is -0.782. The fourth-order valence-electron chi connectivity index (χ4n) is 1.55. The highest BCUT2D eigenvalue weighted by atomic mass is 35.5. The molecule has 2 aromatic rings. The Morgan fingerprint density at radius 2 is 1.89 bits per heavy atom. The topological polar surface area (TPSA) is 21.3 Å². The Morgan fingerprint density at radius 3 is 2.68 bits per heavy atom. The van der Waals surface area contributed by atoms with E-state index in [2.05, 4.69) is 5.32 Å². The van der Waals surface area contributed by atoms with E-state index < -0.39 is 5.82 Å². The standard InChI is InChI=1S/C14H12ClF2NO/c15-12-5-2-6-13(14(12)17)19-8-7-18-11-4-1-3-10(16)9-11/h1-6,9,18H,7-8H2. The molecule has 0 saturated heterocycles. The number of halogens is 3. The summed E-state index contributed by atoms with van der Waals surface area (Å²) >= 11 is 5.63. The van der Waals surface area contributed by atoms with E-state index in [-0.39, 0.29) is 23.2 Å². The summed E-state index contributed by atoms with van der Waals surface area (Å²) < 4.78 is 31.6. The van der Waals surface area contributed by atoms with Gasteiger partial charge in [0.1, 0.15) is 12.4 Å². The Kier molecular flexibility index (Phi) is 4.58. The molecule has 0 spiro atoms. The van der Waals surface area contributed by atoms with Gasteiger partial charge in [0.2, 0.25) is 0 Å².